The molecule has 1 aromatic rings. The number of aliphatic hydroxyl groups is 1. The van der Waals surface area contributed by atoms with Crippen molar-refractivity contribution < 1.29 is 9.84 Å². The van der Waals surface area contributed by atoms with E-state index in [0.717, 1.165) is 12.4 Å². The van der Waals surface area contributed by atoms with Crippen LogP contribution in [0.25, 0.3) is 0 Å². The molecule has 1 atom stereocenters. The summed E-state index contributed by atoms with van der Waals surface area (Å²) in [6.45, 7) is 4.26. The molecule has 17 heavy (non-hydrogen) atoms. The van der Waals surface area contributed by atoms with Gasteiger partial charge in [-0.3, -0.25) is 0 Å². The molecule has 3 N–H and O–H groups in total. The minimum Gasteiger partial charge on any atom is -0.386 e. The van der Waals surface area contributed by atoms with Crippen molar-refractivity contribution >= 4 is 11.6 Å². The van der Waals surface area contributed by atoms with Crippen LogP contribution in [0.3, 0.4) is 0 Å². The van der Waals surface area contributed by atoms with Gasteiger partial charge in [-0.2, -0.15) is 0 Å². The van der Waals surface area contributed by atoms with Crippen LogP contribution in [0.4, 0.5) is 11.6 Å². The lowest BCUT2D eigenvalue weighted by atomic mass is 10.0. The van der Waals surface area contributed by atoms with Crippen LogP contribution in [0, 0.1) is 0 Å². The van der Waals surface area contributed by atoms with Crippen LogP contribution in [-0.4, -0.2) is 47.0 Å². The monoisotopic (exact) mass is 238 g/mol. The smallest absolute Gasteiger partial charge is 0.131 e. The van der Waals surface area contributed by atoms with Gasteiger partial charge in [0.2, 0.25) is 0 Å². The first kappa shape index (κ1) is 12.1. The number of hydrogen-bond donors (Lipinski definition) is 3. The molecule has 2 heterocycles. The Labute approximate surface area is 100 Å². The highest BCUT2D eigenvalue weighted by molar-refractivity contribution is 5.46. The van der Waals surface area contributed by atoms with Crippen molar-refractivity contribution in [1.82, 2.24) is 9.97 Å². The fourth-order valence-corrected chi connectivity index (χ4v) is 1.72. The standard InChI is InChI=1S/C11H18N4O2/c1-2-12-9-5-10(15-8-14-9)13-6-11(16)3-4-17-7-11/h5,8,16H,2-4,6-7H2,1H3,(H2,12,13,14,15). The first-order valence-corrected chi connectivity index (χ1v) is 5.82. The van der Waals surface area contributed by atoms with Crippen molar-refractivity contribution in [2.75, 3.05) is 36.9 Å². The molecule has 1 aliphatic heterocycles. The topological polar surface area (TPSA) is 79.3 Å². The summed E-state index contributed by atoms with van der Waals surface area (Å²) in [5, 5.41) is 16.3. The largest absolute Gasteiger partial charge is 0.386 e. The van der Waals surface area contributed by atoms with E-state index in [-0.39, 0.29) is 0 Å². The predicted octanol–water partition coefficient (Wildman–Crippen LogP) is 0.472. The highest BCUT2D eigenvalue weighted by Crippen LogP contribution is 2.19. The van der Waals surface area contributed by atoms with Crippen molar-refractivity contribution in [2.24, 2.45) is 0 Å². The van der Waals surface area contributed by atoms with Gasteiger partial charge in [0.05, 0.1) is 6.61 Å². The molecule has 0 aliphatic carbocycles. The van der Waals surface area contributed by atoms with E-state index in [1.165, 1.54) is 6.33 Å². The Kier molecular flexibility index (Phi) is 3.75. The number of rotatable bonds is 5. The number of nitrogens with zero attached hydrogens (tertiary/aromatic N) is 2. The second-order valence-corrected chi connectivity index (χ2v) is 4.20. The van der Waals surface area contributed by atoms with E-state index >= 15 is 0 Å². The van der Waals surface area contributed by atoms with Crippen LogP contribution in [0.5, 0.6) is 0 Å². The highest BCUT2D eigenvalue weighted by Gasteiger charge is 2.31. The van der Waals surface area contributed by atoms with Gasteiger partial charge in [-0.1, -0.05) is 0 Å². The molecule has 1 aliphatic rings. The zero-order valence-corrected chi connectivity index (χ0v) is 9.94. The second kappa shape index (κ2) is 5.29. The van der Waals surface area contributed by atoms with E-state index in [9.17, 15) is 5.11 Å². The lowest BCUT2D eigenvalue weighted by Gasteiger charge is -2.20. The number of nitrogens with one attached hydrogen (secondary N) is 2. The molecule has 0 radical (unpaired) electrons. The molecule has 1 saturated heterocycles. The Bertz CT molecular complexity index is 366. The normalized spacial score (nSPS) is 23.6. The molecule has 0 bridgehead atoms. The van der Waals surface area contributed by atoms with Crippen LogP contribution in [0.1, 0.15) is 13.3 Å². The van der Waals surface area contributed by atoms with Gasteiger partial charge in [0.25, 0.3) is 0 Å². The average Bonchev–Trinajstić information content (AvgIpc) is 2.76. The summed E-state index contributed by atoms with van der Waals surface area (Å²) in [6, 6.07) is 1.82. The zero-order chi connectivity index (χ0) is 12.1. The number of aromatic nitrogens is 2. The first-order valence-electron chi connectivity index (χ1n) is 5.82. The molecule has 0 aromatic carbocycles. The summed E-state index contributed by atoms with van der Waals surface area (Å²) >= 11 is 0. The summed E-state index contributed by atoms with van der Waals surface area (Å²) in [7, 11) is 0. The molecular weight excluding hydrogens is 220 g/mol. The van der Waals surface area contributed by atoms with Crippen LogP contribution < -0.4 is 10.6 Å². The van der Waals surface area contributed by atoms with Gasteiger partial charge in [-0.25, -0.2) is 9.97 Å². The minimum absolute atomic E-state index is 0.380. The Morgan fingerprint density at radius 1 is 1.41 bits per heavy atom. The Hall–Kier alpha value is -1.40. The van der Waals surface area contributed by atoms with Gasteiger partial charge in [0.15, 0.2) is 0 Å². The average molecular weight is 238 g/mol. The van der Waals surface area contributed by atoms with E-state index in [0.29, 0.717) is 32.0 Å². The third-order valence-corrected chi connectivity index (χ3v) is 2.71. The third-order valence-electron chi connectivity index (χ3n) is 2.71. The van der Waals surface area contributed by atoms with E-state index in [2.05, 4.69) is 20.6 Å². The fourth-order valence-electron chi connectivity index (χ4n) is 1.72. The Morgan fingerprint density at radius 2 is 2.18 bits per heavy atom. The van der Waals surface area contributed by atoms with E-state index < -0.39 is 5.60 Å². The van der Waals surface area contributed by atoms with Gasteiger partial charge in [-0.05, 0) is 6.92 Å². The van der Waals surface area contributed by atoms with Crippen LogP contribution in [0.15, 0.2) is 12.4 Å². The lowest BCUT2D eigenvalue weighted by molar-refractivity contribution is 0.0381. The highest BCUT2D eigenvalue weighted by atomic mass is 16.5. The van der Waals surface area contributed by atoms with Crippen LogP contribution in [-0.2, 0) is 4.74 Å². The molecule has 0 saturated carbocycles. The summed E-state index contributed by atoms with van der Waals surface area (Å²) in [5.41, 5.74) is -0.775. The molecule has 94 valence electrons. The molecule has 2 rings (SSSR count). The second-order valence-electron chi connectivity index (χ2n) is 4.20. The third kappa shape index (κ3) is 3.28. The molecule has 1 unspecified atom stereocenters. The number of ether oxygens (including phenoxy) is 1. The van der Waals surface area contributed by atoms with Crippen molar-refractivity contribution in [3.63, 3.8) is 0 Å². The lowest BCUT2D eigenvalue weighted by Crippen LogP contribution is -2.37. The summed E-state index contributed by atoms with van der Waals surface area (Å²) < 4.78 is 5.18. The zero-order valence-electron chi connectivity index (χ0n) is 9.94. The number of hydrogen-bond acceptors (Lipinski definition) is 6. The molecule has 0 spiro atoms. The molecule has 6 nitrogen and oxygen atoms in total. The molecular formula is C11H18N4O2. The van der Waals surface area contributed by atoms with Crippen molar-refractivity contribution in [2.45, 2.75) is 18.9 Å². The SMILES string of the molecule is CCNc1cc(NCC2(O)CCOC2)ncn1. The van der Waals surface area contributed by atoms with Gasteiger partial charge < -0.3 is 20.5 Å². The maximum Gasteiger partial charge on any atom is 0.131 e. The maximum atomic E-state index is 10.1. The summed E-state index contributed by atoms with van der Waals surface area (Å²) in [6.07, 6.45) is 2.15. The molecule has 6 heteroatoms. The van der Waals surface area contributed by atoms with Crippen LogP contribution >= 0.6 is 0 Å². The van der Waals surface area contributed by atoms with Gasteiger partial charge >= 0.3 is 0 Å². The Morgan fingerprint density at radius 3 is 2.82 bits per heavy atom. The van der Waals surface area contributed by atoms with Crippen molar-refractivity contribution in [1.29, 1.82) is 0 Å². The van der Waals surface area contributed by atoms with Crippen molar-refractivity contribution in [3.05, 3.63) is 12.4 Å². The molecule has 0 amide bonds. The van der Waals surface area contributed by atoms with Crippen molar-refractivity contribution in [3.8, 4) is 0 Å². The summed E-state index contributed by atoms with van der Waals surface area (Å²) in [5.74, 6) is 1.48. The predicted molar refractivity (Wildman–Crippen MR) is 65.1 cm³/mol. The summed E-state index contributed by atoms with van der Waals surface area (Å²) in [4.78, 5) is 8.18. The Balaban J connectivity index is 1.91. The number of anilines is 2. The minimum atomic E-state index is -0.775. The van der Waals surface area contributed by atoms with E-state index in [4.69, 9.17) is 4.74 Å². The van der Waals surface area contributed by atoms with Gasteiger partial charge in [0.1, 0.15) is 23.6 Å². The molecule has 1 aromatic heterocycles. The van der Waals surface area contributed by atoms with E-state index in [1.807, 2.05) is 13.0 Å². The maximum absolute atomic E-state index is 10.1. The molecule has 1 fully saturated rings. The first-order chi connectivity index (χ1) is 8.22. The fraction of sp³-hybridized carbons (Fsp3) is 0.636. The van der Waals surface area contributed by atoms with Crippen LogP contribution in [0.2, 0.25) is 0 Å². The van der Waals surface area contributed by atoms with Gasteiger partial charge in [0, 0.05) is 32.2 Å². The van der Waals surface area contributed by atoms with Gasteiger partial charge in [-0.15, -0.1) is 0 Å². The quantitative estimate of drug-likeness (QED) is 0.692. The van der Waals surface area contributed by atoms with E-state index in [1.54, 1.807) is 0 Å².